The third kappa shape index (κ3) is 3.48. The molecule has 0 aliphatic carbocycles. The fraction of sp³-hybridized carbons (Fsp3) is 0.333. The molecule has 2 radical (unpaired) electrons. The molecule has 4 N–H and O–H groups in total. The molecule has 3 aromatic rings. The molecule has 0 spiro atoms. The summed E-state index contributed by atoms with van der Waals surface area (Å²) in [5.41, 5.74) is 9.84. The van der Waals surface area contributed by atoms with Gasteiger partial charge in [-0.3, -0.25) is 9.98 Å². The van der Waals surface area contributed by atoms with Gasteiger partial charge >= 0.3 is 0 Å². The lowest BCUT2D eigenvalue weighted by Gasteiger charge is -2.23. The van der Waals surface area contributed by atoms with Gasteiger partial charge in [-0.1, -0.05) is 17.6 Å². The number of pyridine rings is 1. The second kappa shape index (κ2) is 7.87. The second-order valence-electron chi connectivity index (χ2n) is 7.06. The van der Waals surface area contributed by atoms with Crippen molar-refractivity contribution in [1.82, 2.24) is 9.55 Å². The highest BCUT2D eigenvalue weighted by Crippen LogP contribution is 2.38. The summed E-state index contributed by atoms with van der Waals surface area (Å²) in [4.78, 5) is 8.35. The Morgan fingerprint density at radius 2 is 2.14 bits per heavy atom. The van der Waals surface area contributed by atoms with E-state index in [-0.39, 0.29) is 13.0 Å². The van der Waals surface area contributed by atoms with E-state index in [0.29, 0.717) is 17.7 Å². The van der Waals surface area contributed by atoms with E-state index in [4.69, 9.17) is 13.6 Å². The smallest absolute Gasteiger partial charge is 0.134 e. The average Bonchev–Trinajstić information content (AvgIpc) is 2.99. The van der Waals surface area contributed by atoms with E-state index >= 15 is 0 Å². The maximum absolute atomic E-state index is 10.3. The number of aromatic nitrogens is 2. The van der Waals surface area contributed by atoms with Gasteiger partial charge in [0.1, 0.15) is 13.5 Å². The minimum atomic E-state index is -1.22. The first-order valence-electron chi connectivity index (χ1n) is 9.26. The van der Waals surface area contributed by atoms with E-state index < -0.39 is 11.8 Å². The largest absolute Gasteiger partial charge is 0.392 e. The van der Waals surface area contributed by atoms with E-state index in [0.717, 1.165) is 27.7 Å². The molecule has 0 saturated heterocycles. The molecule has 2 heterocycles. The molecular formula is C21H25BN4O2. The fourth-order valence-corrected chi connectivity index (χ4v) is 3.68. The Labute approximate surface area is 166 Å². The number of aliphatic hydroxyl groups excluding tert-OH is 2. The van der Waals surface area contributed by atoms with Gasteiger partial charge in [-0.15, -0.1) is 0 Å². The SMILES string of the molecule is [B]c1ccc2c(c1)c(CC(N)(CO)N=C)c(-c1cccnc1[C@H](C)O)n2CC. The predicted octanol–water partition coefficient (Wildman–Crippen LogP) is 1.46. The van der Waals surface area contributed by atoms with Gasteiger partial charge in [0, 0.05) is 35.6 Å². The summed E-state index contributed by atoms with van der Waals surface area (Å²) >= 11 is 0. The lowest BCUT2D eigenvalue weighted by Crippen LogP contribution is -2.43. The third-order valence-electron chi connectivity index (χ3n) is 5.07. The zero-order chi connectivity index (χ0) is 20.5. The van der Waals surface area contributed by atoms with Gasteiger partial charge in [-0.25, -0.2) is 0 Å². The van der Waals surface area contributed by atoms with E-state index in [2.05, 4.69) is 28.2 Å². The summed E-state index contributed by atoms with van der Waals surface area (Å²) in [5.74, 6) is 0. The van der Waals surface area contributed by atoms with E-state index in [9.17, 15) is 10.2 Å². The molecule has 0 amide bonds. The summed E-state index contributed by atoms with van der Waals surface area (Å²) in [5, 5.41) is 21.0. The van der Waals surface area contributed by atoms with Crippen molar-refractivity contribution < 1.29 is 10.2 Å². The van der Waals surface area contributed by atoms with Crippen molar-refractivity contribution in [1.29, 1.82) is 0 Å². The number of nitrogens with zero attached hydrogens (tertiary/aromatic N) is 3. The van der Waals surface area contributed by atoms with Crippen molar-refractivity contribution in [2.75, 3.05) is 6.61 Å². The van der Waals surface area contributed by atoms with Gasteiger partial charge in [-0.2, -0.15) is 0 Å². The van der Waals surface area contributed by atoms with Crippen LogP contribution in [0.15, 0.2) is 41.5 Å². The topological polar surface area (TPSA) is 96.7 Å². The predicted molar refractivity (Wildman–Crippen MR) is 114 cm³/mol. The number of hydrogen-bond acceptors (Lipinski definition) is 5. The van der Waals surface area contributed by atoms with Gasteiger partial charge in [-0.05, 0) is 44.3 Å². The maximum Gasteiger partial charge on any atom is 0.134 e. The quantitative estimate of drug-likeness (QED) is 0.430. The zero-order valence-corrected chi connectivity index (χ0v) is 16.3. The molecule has 6 nitrogen and oxygen atoms in total. The number of fused-ring (bicyclic) bond motifs is 1. The molecule has 0 aliphatic rings. The van der Waals surface area contributed by atoms with Crippen LogP contribution in [0, 0.1) is 0 Å². The van der Waals surface area contributed by atoms with Crippen LogP contribution in [0.1, 0.15) is 31.2 Å². The number of nitrogens with two attached hydrogens (primary N) is 1. The monoisotopic (exact) mass is 376 g/mol. The summed E-state index contributed by atoms with van der Waals surface area (Å²) in [6.45, 7) is 7.65. The van der Waals surface area contributed by atoms with E-state index in [1.807, 2.05) is 30.3 Å². The standard InChI is InChI=1S/C21H25BN4O2/c1-4-26-18-8-7-14(22)10-16(18)17(11-21(23,12-27)24-3)20(26)15-6-5-9-25-19(15)13(2)28/h5-10,13,27-28H,3-4,11-12,23H2,1-2H3/t13-,21?/m0/s1. The van der Waals surface area contributed by atoms with Crippen LogP contribution < -0.4 is 11.2 Å². The van der Waals surface area contributed by atoms with Gasteiger partial charge in [0.05, 0.1) is 24.1 Å². The Hall–Kier alpha value is -2.48. The number of aliphatic imine (C=N–C) groups is 1. The highest BCUT2D eigenvalue weighted by Gasteiger charge is 2.29. The van der Waals surface area contributed by atoms with Crippen LogP contribution in [-0.4, -0.2) is 46.6 Å². The van der Waals surface area contributed by atoms with Crippen LogP contribution in [0.25, 0.3) is 22.2 Å². The molecule has 1 unspecified atom stereocenters. The second-order valence-corrected chi connectivity index (χ2v) is 7.06. The lowest BCUT2D eigenvalue weighted by atomic mass is 9.91. The number of rotatable bonds is 7. The first-order valence-corrected chi connectivity index (χ1v) is 9.26. The number of aryl methyl sites for hydroxylation is 1. The molecule has 2 aromatic heterocycles. The van der Waals surface area contributed by atoms with Crippen molar-refractivity contribution in [3.8, 4) is 11.3 Å². The first kappa shape index (κ1) is 20.3. The van der Waals surface area contributed by atoms with Crippen LogP contribution in [-0.2, 0) is 13.0 Å². The van der Waals surface area contributed by atoms with Crippen LogP contribution in [0.2, 0.25) is 0 Å². The zero-order valence-electron chi connectivity index (χ0n) is 16.3. The van der Waals surface area contributed by atoms with E-state index in [1.165, 1.54) is 0 Å². The minimum absolute atomic E-state index is 0.267. The van der Waals surface area contributed by atoms with Gasteiger partial charge < -0.3 is 20.5 Å². The molecule has 1 aromatic carbocycles. The first-order chi connectivity index (χ1) is 13.3. The third-order valence-corrected chi connectivity index (χ3v) is 5.07. The van der Waals surface area contributed by atoms with Gasteiger partial charge in [0.25, 0.3) is 0 Å². The Morgan fingerprint density at radius 3 is 2.75 bits per heavy atom. The summed E-state index contributed by atoms with van der Waals surface area (Å²) in [6, 6.07) is 9.50. The summed E-state index contributed by atoms with van der Waals surface area (Å²) in [6.07, 6.45) is 1.19. The Kier molecular flexibility index (Phi) is 5.70. The van der Waals surface area contributed by atoms with Crippen LogP contribution in [0.3, 0.4) is 0 Å². The molecule has 3 rings (SSSR count). The fourth-order valence-electron chi connectivity index (χ4n) is 3.68. The van der Waals surface area contributed by atoms with Crippen LogP contribution >= 0.6 is 0 Å². The highest BCUT2D eigenvalue weighted by atomic mass is 16.3. The van der Waals surface area contributed by atoms with E-state index in [1.54, 1.807) is 13.1 Å². The molecule has 2 atom stereocenters. The van der Waals surface area contributed by atoms with Crippen LogP contribution in [0.4, 0.5) is 0 Å². The normalized spacial score (nSPS) is 14.8. The molecule has 0 aliphatic heterocycles. The molecule has 7 heteroatoms. The van der Waals surface area contributed by atoms with Crippen molar-refractivity contribution >= 4 is 30.9 Å². The highest BCUT2D eigenvalue weighted by molar-refractivity contribution is 6.33. The molecule has 0 fully saturated rings. The average molecular weight is 376 g/mol. The molecule has 0 bridgehead atoms. The van der Waals surface area contributed by atoms with Crippen molar-refractivity contribution in [3.05, 3.63) is 47.8 Å². The Balaban J connectivity index is 2.41. The van der Waals surface area contributed by atoms with Crippen molar-refractivity contribution in [3.63, 3.8) is 0 Å². The Morgan fingerprint density at radius 1 is 1.39 bits per heavy atom. The Bertz CT molecular complexity index is 1020. The molecular weight excluding hydrogens is 351 g/mol. The summed E-state index contributed by atoms with van der Waals surface area (Å²) in [7, 11) is 6.06. The summed E-state index contributed by atoms with van der Waals surface area (Å²) < 4.78 is 2.15. The van der Waals surface area contributed by atoms with Crippen molar-refractivity contribution in [2.45, 2.75) is 38.6 Å². The molecule has 0 saturated carbocycles. The van der Waals surface area contributed by atoms with Gasteiger partial charge in [0.15, 0.2) is 0 Å². The maximum atomic E-state index is 10.3. The lowest BCUT2D eigenvalue weighted by molar-refractivity contribution is 0.195. The number of hydrogen-bond donors (Lipinski definition) is 3. The van der Waals surface area contributed by atoms with Crippen LogP contribution in [0.5, 0.6) is 0 Å². The molecule has 144 valence electrons. The van der Waals surface area contributed by atoms with Gasteiger partial charge in [0.2, 0.25) is 0 Å². The minimum Gasteiger partial charge on any atom is -0.392 e. The molecule has 28 heavy (non-hydrogen) atoms. The van der Waals surface area contributed by atoms with Crippen molar-refractivity contribution in [2.24, 2.45) is 10.7 Å². The number of aliphatic hydroxyl groups is 2. The number of benzene rings is 1.